The van der Waals surface area contributed by atoms with Gasteiger partial charge in [0, 0.05) is 6.04 Å². The zero-order chi connectivity index (χ0) is 9.84. The molecule has 3 nitrogen and oxygen atoms in total. The molecule has 1 N–H and O–H groups in total. The van der Waals surface area contributed by atoms with Crippen LogP contribution in [0.15, 0.2) is 0 Å². The van der Waals surface area contributed by atoms with Crippen LogP contribution in [0.1, 0.15) is 26.7 Å². The molecule has 0 bridgehead atoms. The summed E-state index contributed by atoms with van der Waals surface area (Å²) in [6.45, 7) is 4.98. The zero-order valence-electron chi connectivity index (χ0n) is 8.67. The fourth-order valence-electron chi connectivity index (χ4n) is 1.24. The first-order valence-corrected chi connectivity index (χ1v) is 4.96. The van der Waals surface area contributed by atoms with Crippen LogP contribution in [0, 0.1) is 11.8 Å². The first-order valence-electron chi connectivity index (χ1n) is 4.96. The molecule has 1 saturated carbocycles. The van der Waals surface area contributed by atoms with Gasteiger partial charge in [-0.3, -0.25) is 4.79 Å². The molecule has 0 aromatic carbocycles. The van der Waals surface area contributed by atoms with Crippen molar-refractivity contribution in [2.75, 3.05) is 13.7 Å². The van der Waals surface area contributed by atoms with Gasteiger partial charge in [-0.25, -0.2) is 0 Å². The molecule has 0 spiro atoms. The minimum atomic E-state index is -0.129. The van der Waals surface area contributed by atoms with Crippen LogP contribution < -0.4 is 5.32 Å². The minimum Gasteiger partial charge on any atom is -0.469 e. The Kier molecular flexibility index (Phi) is 3.72. The summed E-state index contributed by atoms with van der Waals surface area (Å²) in [5.74, 6) is 0.673. The normalized spacial score (nSPS) is 20.8. The van der Waals surface area contributed by atoms with Crippen molar-refractivity contribution in [3.05, 3.63) is 0 Å². The Morgan fingerprint density at radius 3 is 2.62 bits per heavy atom. The molecule has 13 heavy (non-hydrogen) atoms. The van der Waals surface area contributed by atoms with Crippen LogP contribution in [-0.2, 0) is 9.53 Å². The van der Waals surface area contributed by atoms with Crippen LogP contribution in [0.5, 0.6) is 0 Å². The van der Waals surface area contributed by atoms with E-state index in [2.05, 4.69) is 10.1 Å². The molecule has 1 aliphatic carbocycles. The van der Waals surface area contributed by atoms with Crippen LogP contribution >= 0.6 is 0 Å². The summed E-state index contributed by atoms with van der Waals surface area (Å²) in [6, 6.07) is 0.216. The van der Waals surface area contributed by atoms with E-state index >= 15 is 0 Å². The molecule has 2 atom stereocenters. The van der Waals surface area contributed by atoms with Gasteiger partial charge in [0.05, 0.1) is 13.0 Å². The van der Waals surface area contributed by atoms with E-state index in [1.807, 2.05) is 13.8 Å². The molecular formula is C10H19NO2. The van der Waals surface area contributed by atoms with Gasteiger partial charge in [0.15, 0.2) is 0 Å². The Hall–Kier alpha value is -0.570. The van der Waals surface area contributed by atoms with E-state index in [4.69, 9.17) is 0 Å². The van der Waals surface area contributed by atoms with E-state index in [1.54, 1.807) is 0 Å². The van der Waals surface area contributed by atoms with Crippen molar-refractivity contribution >= 4 is 5.97 Å². The van der Waals surface area contributed by atoms with Gasteiger partial charge in [-0.05, 0) is 32.2 Å². The highest BCUT2D eigenvalue weighted by atomic mass is 16.5. The van der Waals surface area contributed by atoms with Gasteiger partial charge >= 0.3 is 5.97 Å². The summed E-state index contributed by atoms with van der Waals surface area (Å²) in [7, 11) is 1.44. The lowest BCUT2D eigenvalue weighted by molar-refractivity contribution is -0.145. The number of rotatable bonds is 5. The van der Waals surface area contributed by atoms with E-state index in [-0.39, 0.29) is 17.9 Å². The van der Waals surface area contributed by atoms with Crippen LogP contribution in [-0.4, -0.2) is 25.7 Å². The standard InChI is InChI=1S/C10H19NO2/c1-7(10(12)13-3)8(2)11-6-9-4-5-9/h7-9,11H,4-6H2,1-3H3. The van der Waals surface area contributed by atoms with Gasteiger partial charge in [-0.1, -0.05) is 6.92 Å². The third-order valence-corrected chi connectivity index (χ3v) is 2.75. The minimum absolute atomic E-state index is 0.0521. The highest BCUT2D eigenvalue weighted by Crippen LogP contribution is 2.27. The van der Waals surface area contributed by atoms with Gasteiger partial charge in [-0.2, -0.15) is 0 Å². The molecule has 76 valence electrons. The molecule has 0 aromatic heterocycles. The lowest BCUT2D eigenvalue weighted by Crippen LogP contribution is -2.37. The van der Waals surface area contributed by atoms with Crippen LogP contribution in [0.25, 0.3) is 0 Å². The van der Waals surface area contributed by atoms with Gasteiger partial charge < -0.3 is 10.1 Å². The molecule has 0 amide bonds. The van der Waals surface area contributed by atoms with Gasteiger partial charge in [0.1, 0.15) is 0 Å². The number of esters is 1. The van der Waals surface area contributed by atoms with Crippen LogP contribution in [0.4, 0.5) is 0 Å². The Balaban J connectivity index is 2.19. The zero-order valence-corrected chi connectivity index (χ0v) is 8.67. The van der Waals surface area contributed by atoms with E-state index in [9.17, 15) is 4.79 Å². The van der Waals surface area contributed by atoms with Crippen molar-refractivity contribution < 1.29 is 9.53 Å². The van der Waals surface area contributed by atoms with Crippen LogP contribution in [0.2, 0.25) is 0 Å². The van der Waals surface area contributed by atoms with E-state index < -0.39 is 0 Å². The molecule has 0 saturated heterocycles. The van der Waals surface area contributed by atoms with Crippen molar-refractivity contribution in [1.29, 1.82) is 0 Å². The molecule has 1 aliphatic rings. The highest BCUT2D eigenvalue weighted by molar-refractivity contribution is 5.72. The Morgan fingerprint density at radius 1 is 1.54 bits per heavy atom. The molecule has 0 aromatic rings. The monoisotopic (exact) mass is 185 g/mol. The largest absolute Gasteiger partial charge is 0.469 e. The second kappa shape index (κ2) is 4.61. The van der Waals surface area contributed by atoms with Crippen molar-refractivity contribution in [3.63, 3.8) is 0 Å². The SMILES string of the molecule is COC(=O)C(C)C(C)NCC1CC1. The Labute approximate surface area is 79.8 Å². The molecular weight excluding hydrogens is 166 g/mol. The van der Waals surface area contributed by atoms with Gasteiger partial charge in [-0.15, -0.1) is 0 Å². The second-order valence-electron chi connectivity index (χ2n) is 3.95. The maximum atomic E-state index is 11.2. The summed E-state index contributed by atoms with van der Waals surface area (Å²) in [6.07, 6.45) is 2.68. The molecule has 1 rings (SSSR count). The predicted molar refractivity (Wildman–Crippen MR) is 51.4 cm³/mol. The number of hydrogen-bond donors (Lipinski definition) is 1. The molecule has 0 aliphatic heterocycles. The van der Waals surface area contributed by atoms with Crippen molar-refractivity contribution in [1.82, 2.24) is 5.32 Å². The van der Waals surface area contributed by atoms with Crippen LogP contribution in [0.3, 0.4) is 0 Å². The fraction of sp³-hybridized carbons (Fsp3) is 0.900. The first kappa shape index (κ1) is 10.5. The van der Waals surface area contributed by atoms with E-state index in [1.165, 1.54) is 20.0 Å². The fourth-order valence-corrected chi connectivity index (χ4v) is 1.24. The lowest BCUT2D eigenvalue weighted by Gasteiger charge is -2.18. The maximum Gasteiger partial charge on any atom is 0.309 e. The summed E-state index contributed by atoms with van der Waals surface area (Å²) < 4.78 is 4.68. The van der Waals surface area contributed by atoms with Gasteiger partial charge in [0.2, 0.25) is 0 Å². The molecule has 3 heteroatoms. The average Bonchev–Trinajstić information content (AvgIpc) is 2.95. The first-order chi connectivity index (χ1) is 6.15. The quantitative estimate of drug-likeness (QED) is 0.654. The summed E-state index contributed by atoms with van der Waals surface area (Å²) in [5, 5.41) is 3.36. The molecule has 2 unspecified atom stereocenters. The summed E-state index contributed by atoms with van der Waals surface area (Å²) in [4.78, 5) is 11.2. The molecule has 1 fully saturated rings. The Bertz CT molecular complexity index is 178. The van der Waals surface area contributed by atoms with E-state index in [0.717, 1.165) is 12.5 Å². The molecule has 0 radical (unpaired) electrons. The number of carbonyl (C=O) groups is 1. The van der Waals surface area contributed by atoms with Crippen molar-refractivity contribution in [2.45, 2.75) is 32.7 Å². The van der Waals surface area contributed by atoms with Crippen molar-refractivity contribution in [3.8, 4) is 0 Å². The number of nitrogens with one attached hydrogen (secondary N) is 1. The predicted octanol–water partition coefficient (Wildman–Crippen LogP) is 1.18. The summed E-state index contributed by atoms with van der Waals surface area (Å²) in [5.41, 5.74) is 0. The number of ether oxygens (including phenoxy) is 1. The third-order valence-electron chi connectivity index (χ3n) is 2.75. The second-order valence-corrected chi connectivity index (χ2v) is 3.95. The van der Waals surface area contributed by atoms with E-state index in [0.29, 0.717) is 0 Å². The van der Waals surface area contributed by atoms with Gasteiger partial charge in [0.25, 0.3) is 0 Å². The number of hydrogen-bond acceptors (Lipinski definition) is 3. The third kappa shape index (κ3) is 3.35. The average molecular weight is 185 g/mol. The number of methoxy groups -OCH3 is 1. The highest BCUT2D eigenvalue weighted by Gasteiger charge is 2.25. The smallest absolute Gasteiger partial charge is 0.309 e. The topological polar surface area (TPSA) is 38.3 Å². The lowest BCUT2D eigenvalue weighted by atomic mass is 10.0. The maximum absolute atomic E-state index is 11.2. The van der Waals surface area contributed by atoms with Crippen molar-refractivity contribution in [2.24, 2.45) is 11.8 Å². The number of carbonyl (C=O) groups excluding carboxylic acids is 1. The molecule has 0 heterocycles. The summed E-state index contributed by atoms with van der Waals surface area (Å²) >= 11 is 0. The Morgan fingerprint density at radius 2 is 2.15 bits per heavy atom.